The summed E-state index contributed by atoms with van der Waals surface area (Å²) in [6.45, 7) is 7.63. The third-order valence-corrected chi connectivity index (χ3v) is 2.98. The molecule has 0 bridgehead atoms. The molecular weight excluding hydrogens is 206 g/mol. The van der Waals surface area contributed by atoms with Gasteiger partial charge in [-0.25, -0.2) is 0 Å². The molecule has 0 aromatic heterocycles. The molecule has 1 heterocycles. The molecule has 1 saturated heterocycles. The molecule has 16 heavy (non-hydrogen) atoms. The van der Waals surface area contributed by atoms with Gasteiger partial charge < -0.3 is 15.7 Å². The van der Waals surface area contributed by atoms with E-state index in [0.717, 1.165) is 19.4 Å². The zero-order valence-corrected chi connectivity index (χ0v) is 10.4. The number of oxime groups is 1. The van der Waals surface area contributed by atoms with Gasteiger partial charge in [-0.1, -0.05) is 5.16 Å². The molecule has 2 atom stereocenters. The van der Waals surface area contributed by atoms with Crippen LogP contribution in [0, 0.1) is 0 Å². The number of nitrogens with two attached hydrogens (primary N) is 1. The third kappa shape index (κ3) is 3.98. The third-order valence-electron chi connectivity index (χ3n) is 2.98. The summed E-state index contributed by atoms with van der Waals surface area (Å²) in [6, 6.07) is 0.361. The highest BCUT2D eigenvalue weighted by atomic mass is 16.5. The fourth-order valence-corrected chi connectivity index (χ4v) is 1.98. The van der Waals surface area contributed by atoms with Crippen molar-refractivity contribution in [3.63, 3.8) is 0 Å². The van der Waals surface area contributed by atoms with E-state index in [2.05, 4.69) is 30.8 Å². The van der Waals surface area contributed by atoms with Gasteiger partial charge in [-0.15, -0.1) is 0 Å². The Labute approximate surface area is 97.2 Å². The van der Waals surface area contributed by atoms with Crippen molar-refractivity contribution in [3.8, 4) is 0 Å². The molecule has 1 fully saturated rings. The summed E-state index contributed by atoms with van der Waals surface area (Å²) in [7, 11) is 0. The van der Waals surface area contributed by atoms with Crippen molar-refractivity contribution in [2.45, 2.75) is 51.9 Å². The van der Waals surface area contributed by atoms with E-state index in [-0.39, 0.29) is 11.9 Å². The van der Waals surface area contributed by atoms with Gasteiger partial charge >= 0.3 is 0 Å². The minimum Gasteiger partial charge on any atom is -0.409 e. The Bertz CT molecular complexity index is 243. The summed E-state index contributed by atoms with van der Waals surface area (Å²) in [5, 5.41) is 11.6. The van der Waals surface area contributed by atoms with Crippen LogP contribution in [0.1, 0.15) is 33.6 Å². The molecule has 0 aromatic carbocycles. The maximum absolute atomic E-state index is 8.57. The normalized spacial score (nSPS) is 26.9. The van der Waals surface area contributed by atoms with E-state index in [9.17, 15) is 0 Å². The van der Waals surface area contributed by atoms with Crippen LogP contribution in [0.2, 0.25) is 0 Å². The van der Waals surface area contributed by atoms with Gasteiger partial charge in [0.2, 0.25) is 0 Å². The van der Waals surface area contributed by atoms with E-state index in [4.69, 9.17) is 15.7 Å². The lowest BCUT2D eigenvalue weighted by molar-refractivity contribution is 0.0284. The highest BCUT2D eigenvalue weighted by Crippen LogP contribution is 2.20. The van der Waals surface area contributed by atoms with E-state index in [1.54, 1.807) is 0 Å². The molecular formula is C11H23N3O2. The average molecular weight is 229 g/mol. The lowest BCUT2D eigenvalue weighted by Gasteiger charge is -2.28. The summed E-state index contributed by atoms with van der Waals surface area (Å²) in [6.07, 6.45) is 2.87. The molecule has 0 saturated carbocycles. The fourth-order valence-electron chi connectivity index (χ4n) is 1.98. The molecule has 1 rings (SSSR count). The van der Waals surface area contributed by atoms with Gasteiger partial charge in [0.05, 0.1) is 18.8 Å². The topological polar surface area (TPSA) is 71.1 Å². The monoisotopic (exact) mass is 229 g/mol. The van der Waals surface area contributed by atoms with Crippen LogP contribution in [0.15, 0.2) is 5.16 Å². The Morgan fingerprint density at radius 2 is 2.25 bits per heavy atom. The SMILES string of the molecule is CC1CCC(CN(CC(N)=NO)C(C)C)O1. The number of nitrogens with zero attached hydrogens (tertiary/aromatic N) is 2. The van der Waals surface area contributed by atoms with Crippen molar-refractivity contribution in [1.29, 1.82) is 0 Å². The highest BCUT2D eigenvalue weighted by molar-refractivity contribution is 5.81. The van der Waals surface area contributed by atoms with E-state index >= 15 is 0 Å². The van der Waals surface area contributed by atoms with Crippen LogP contribution in [-0.2, 0) is 4.74 Å². The molecule has 0 amide bonds. The number of ether oxygens (including phenoxy) is 1. The zero-order valence-electron chi connectivity index (χ0n) is 10.4. The maximum atomic E-state index is 8.57. The van der Waals surface area contributed by atoms with Crippen molar-refractivity contribution in [1.82, 2.24) is 4.90 Å². The van der Waals surface area contributed by atoms with Crippen molar-refractivity contribution < 1.29 is 9.94 Å². The number of hydrogen-bond donors (Lipinski definition) is 2. The van der Waals surface area contributed by atoms with Crippen LogP contribution in [-0.4, -0.2) is 47.3 Å². The molecule has 5 nitrogen and oxygen atoms in total. The Kier molecular flexibility index (Phi) is 5.02. The Morgan fingerprint density at radius 3 is 2.69 bits per heavy atom. The second-order valence-corrected chi connectivity index (χ2v) is 4.76. The number of amidine groups is 1. The predicted octanol–water partition coefficient (Wildman–Crippen LogP) is 1.01. The second kappa shape index (κ2) is 6.06. The highest BCUT2D eigenvalue weighted by Gasteiger charge is 2.25. The first-order valence-electron chi connectivity index (χ1n) is 5.88. The average Bonchev–Trinajstić information content (AvgIpc) is 2.62. The quantitative estimate of drug-likeness (QED) is 0.319. The molecule has 1 aliphatic heterocycles. The summed E-state index contributed by atoms with van der Waals surface area (Å²) in [4.78, 5) is 2.16. The molecule has 0 aliphatic carbocycles. The van der Waals surface area contributed by atoms with Gasteiger partial charge in [0, 0.05) is 12.6 Å². The molecule has 0 spiro atoms. The van der Waals surface area contributed by atoms with Crippen molar-refractivity contribution in [2.24, 2.45) is 10.9 Å². The summed E-state index contributed by atoms with van der Waals surface area (Å²) >= 11 is 0. The maximum Gasteiger partial charge on any atom is 0.153 e. The lowest BCUT2D eigenvalue weighted by atomic mass is 10.2. The minimum absolute atomic E-state index is 0.250. The van der Waals surface area contributed by atoms with E-state index in [0.29, 0.717) is 18.7 Å². The van der Waals surface area contributed by atoms with Crippen molar-refractivity contribution in [2.75, 3.05) is 13.1 Å². The van der Waals surface area contributed by atoms with E-state index < -0.39 is 0 Å². The molecule has 0 aromatic rings. The Hall–Kier alpha value is -0.810. The summed E-state index contributed by atoms with van der Waals surface area (Å²) in [5.41, 5.74) is 5.53. The Morgan fingerprint density at radius 1 is 1.56 bits per heavy atom. The van der Waals surface area contributed by atoms with Crippen LogP contribution in [0.5, 0.6) is 0 Å². The van der Waals surface area contributed by atoms with Crippen LogP contribution in [0.3, 0.4) is 0 Å². The van der Waals surface area contributed by atoms with Crippen LogP contribution >= 0.6 is 0 Å². The van der Waals surface area contributed by atoms with Gasteiger partial charge in [0.1, 0.15) is 0 Å². The van der Waals surface area contributed by atoms with Crippen LogP contribution in [0.25, 0.3) is 0 Å². The summed E-state index contributed by atoms with van der Waals surface area (Å²) < 4.78 is 5.77. The molecule has 5 heteroatoms. The molecule has 1 aliphatic rings. The minimum atomic E-state index is 0.250. The van der Waals surface area contributed by atoms with Gasteiger partial charge in [-0.2, -0.15) is 0 Å². The standard InChI is InChI=1S/C11H23N3O2/c1-8(2)14(7-11(12)13-15)6-10-5-4-9(3)16-10/h8-10,15H,4-7H2,1-3H3,(H2,12,13). The number of rotatable bonds is 5. The molecule has 94 valence electrons. The predicted molar refractivity (Wildman–Crippen MR) is 63.7 cm³/mol. The van der Waals surface area contributed by atoms with Crippen LogP contribution < -0.4 is 5.73 Å². The summed E-state index contributed by atoms with van der Waals surface area (Å²) in [5.74, 6) is 0.250. The van der Waals surface area contributed by atoms with E-state index in [1.165, 1.54) is 0 Å². The number of hydrogen-bond acceptors (Lipinski definition) is 4. The first-order valence-corrected chi connectivity index (χ1v) is 5.88. The largest absolute Gasteiger partial charge is 0.409 e. The van der Waals surface area contributed by atoms with Gasteiger partial charge in [0.25, 0.3) is 0 Å². The molecule has 0 radical (unpaired) electrons. The smallest absolute Gasteiger partial charge is 0.153 e. The van der Waals surface area contributed by atoms with Crippen LogP contribution in [0.4, 0.5) is 0 Å². The molecule has 3 N–H and O–H groups in total. The molecule has 2 unspecified atom stereocenters. The zero-order chi connectivity index (χ0) is 12.1. The Balaban J connectivity index is 2.45. The lowest BCUT2D eigenvalue weighted by Crippen LogP contribution is -2.42. The van der Waals surface area contributed by atoms with Gasteiger partial charge in [-0.3, -0.25) is 4.90 Å². The first kappa shape index (κ1) is 13.3. The van der Waals surface area contributed by atoms with E-state index in [1.807, 2.05) is 0 Å². The second-order valence-electron chi connectivity index (χ2n) is 4.76. The van der Waals surface area contributed by atoms with Gasteiger partial charge in [0.15, 0.2) is 5.84 Å². The van der Waals surface area contributed by atoms with Crippen molar-refractivity contribution in [3.05, 3.63) is 0 Å². The first-order chi connectivity index (χ1) is 7.52. The fraction of sp³-hybridized carbons (Fsp3) is 0.909. The van der Waals surface area contributed by atoms with Gasteiger partial charge in [-0.05, 0) is 33.6 Å². The van der Waals surface area contributed by atoms with Crippen molar-refractivity contribution >= 4 is 5.84 Å².